The summed E-state index contributed by atoms with van der Waals surface area (Å²) >= 11 is 6.12. The molecule has 0 bridgehead atoms. The Hall–Kier alpha value is -2.77. The molecule has 1 aromatic heterocycles. The molecule has 4 rings (SSSR count). The van der Waals surface area contributed by atoms with Gasteiger partial charge in [-0.3, -0.25) is 9.69 Å². The number of fused-ring (bicyclic) bond motifs is 1. The average Bonchev–Trinajstić information content (AvgIpc) is 3.20. The number of carbonyl (C=O) groups excluding carboxylic acids is 1. The molecule has 0 spiro atoms. The minimum absolute atomic E-state index is 0.00261. The van der Waals surface area contributed by atoms with Crippen LogP contribution < -0.4 is 5.32 Å². The first-order valence-electron chi connectivity index (χ1n) is 10.2. The van der Waals surface area contributed by atoms with Gasteiger partial charge in [0.1, 0.15) is 0 Å². The molecule has 1 aliphatic rings. The molecule has 0 saturated heterocycles. The third kappa shape index (κ3) is 5.23. The SMILES string of the molecule is O=C(CCCn1nnnc1CN1CCc2ccccc2C1)NCc1ccccc1Cl. The number of aryl methyl sites for hydroxylation is 1. The number of carbonyl (C=O) groups is 1. The average molecular weight is 425 g/mol. The van der Waals surface area contributed by atoms with Gasteiger partial charge in [-0.25, -0.2) is 4.68 Å². The first-order chi connectivity index (χ1) is 14.7. The maximum Gasteiger partial charge on any atom is 0.220 e. The van der Waals surface area contributed by atoms with Crippen molar-refractivity contribution in [2.75, 3.05) is 6.54 Å². The summed E-state index contributed by atoms with van der Waals surface area (Å²) in [7, 11) is 0. The number of tetrazole rings is 1. The molecule has 2 heterocycles. The van der Waals surface area contributed by atoms with Crippen LogP contribution in [0.2, 0.25) is 5.02 Å². The molecular weight excluding hydrogens is 400 g/mol. The number of nitrogens with zero attached hydrogens (tertiary/aromatic N) is 5. The Balaban J connectivity index is 1.23. The lowest BCUT2D eigenvalue weighted by Gasteiger charge is -2.28. The van der Waals surface area contributed by atoms with E-state index in [1.807, 2.05) is 28.9 Å². The number of rotatable bonds is 8. The third-order valence-electron chi connectivity index (χ3n) is 5.39. The second-order valence-electron chi connectivity index (χ2n) is 7.52. The number of amides is 1. The molecule has 2 aromatic carbocycles. The zero-order valence-corrected chi connectivity index (χ0v) is 17.6. The monoisotopic (exact) mass is 424 g/mol. The van der Waals surface area contributed by atoms with Crippen LogP contribution in [0.15, 0.2) is 48.5 Å². The van der Waals surface area contributed by atoms with Crippen molar-refractivity contribution in [3.63, 3.8) is 0 Å². The molecule has 0 unspecified atom stereocenters. The quantitative estimate of drug-likeness (QED) is 0.601. The third-order valence-corrected chi connectivity index (χ3v) is 5.76. The summed E-state index contributed by atoms with van der Waals surface area (Å²) in [5.74, 6) is 0.836. The summed E-state index contributed by atoms with van der Waals surface area (Å²) in [4.78, 5) is 14.5. The number of benzene rings is 2. The smallest absolute Gasteiger partial charge is 0.220 e. The minimum Gasteiger partial charge on any atom is -0.352 e. The van der Waals surface area contributed by atoms with Crippen molar-refractivity contribution >= 4 is 17.5 Å². The van der Waals surface area contributed by atoms with Crippen LogP contribution in [0.5, 0.6) is 0 Å². The van der Waals surface area contributed by atoms with Crippen LogP contribution in [-0.2, 0) is 37.4 Å². The number of aromatic nitrogens is 4. The standard InChI is InChI=1S/C22H25ClN6O/c23-20-9-4-3-7-18(20)14-24-22(30)10-5-12-29-21(25-26-27-29)16-28-13-11-17-6-1-2-8-19(17)15-28/h1-4,6-9H,5,10-16H2,(H,24,30). The summed E-state index contributed by atoms with van der Waals surface area (Å²) in [6, 6.07) is 16.1. The normalized spacial score (nSPS) is 13.8. The highest BCUT2D eigenvalue weighted by atomic mass is 35.5. The van der Waals surface area contributed by atoms with E-state index in [9.17, 15) is 4.79 Å². The Morgan fingerprint density at radius 1 is 1.10 bits per heavy atom. The van der Waals surface area contributed by atoms with Gasteiger partial charge in [0.15, 0.2) is 5.82 Å². The van der Waals surface area contributed by atoms with Gasteiger partial charge in [-0.2, -0.15) is 0 Å². The van der Waals surface area contributed by atoms with Crippen molar-refractivity contribution in [3.8, 4) is 0 Å². The van der Waals surface area contributed by atoms with Crippen molar-refractivity contribution in [2.24, 2.45) is 0 Å². The van der Waals surface area contributed by atoms with E-state index in [-0.39, 0.29) is 5.91 Å². The van der Waals surface area contributed by atoms with Gasteiger partial charge in [0.05, 0.1) is 6.54 Å². The van der Waals surface area contributed by atoms with E-state index < -0.39 is 0 Å². The second-order valence-corrected chi connectivity index (χ2v) is 7.93. The molecule has 0 aliphatic carbocycles. The number of halogens is 1. The Kier molecular flexibility index (Phi) is 6.71. The van der Waals surface area contributed by atoms with E-state index in [1.165, 1.54) is 11.1 Å². The van der Waals surface area contributed by atoms with Crippen LogP contribution >= 0.6 is 11.6 Å². The van der Waals surface area contributed by atoms with Crippen molar-refractivity contribution in [2.45, 2.75) is 45.4 Å². The fraction of sp³-hybridized carbons (Fsp3) is 0.364. The topological polar surface area (TPSA) is 75.9 Å². The zero-order chi connectivity index (χ0) is 20.8. The van der Waals surface area contributed by atoms with Crippen molar-refractivity contribution in [1.82, 2.24) is 30.4 Å². The Labute approximate surface area is 181 Å². The fourth-order valence-electron chi connectivity index (χ4n) is 3.71. The second kappa shape index (κ2) is 9.82. The highest BCUT2D eigenvalue weighted by molar-refractivity contribution is 6.31. The predicted molar refractivity (Wildman–Crippen MR) is 115 cm³/mol. The van der Waals surface area contributed by atoms with Crippen LogP contribution in [0.3, 0.4) is 0 Å². The lowest BCUT2D eigenvalue weighted by Crippen LogP contribution is -2.31. The first kappa shape index (κ1) is 20.5. The van der Waals surface area contributed by atoms with Gasteiger partial charge in [0.25, 0.3) is 0 Å². The minimum atomic E-state index is -0.00261. The Morgan fingerprint density at radius 2 is 1.90 bits per heavy atom. The van der Waals surface area contributed by atoms with E-state index >= 15 is 0 Å². The maximum atomic E-state index is 12.2. The molecule has 30 heavy (non-hydrogen) atoms. The van der Waals surface area contributed by atoms with Crippen LogP contribution in [0, 0.1) is 0 Å². The molecule has 1 amide bonds. The van der Waals surface area contributed by atoms with Crippen molar-refractivity contribution < 1.29 is 4.79 Å². The zero-order valence-electron chi connectivity index (χ0n) is 16.8. The van der Waals surface area contributed by atoms with E-state index in [0.29, 0.717) is 37.5 Å². The Morgan fingerprint density at radius 3 is 2.77 bits per heavy atom. The largest absolute Gasteiger partial charge is 0.352 e. The molecule has 1 aliphatic heterocycles. The van der Waals surface area contributed by atoms with Gasteiger partial charge >= 0.3 is 0 Å². The Bertz CT molecular complexity index is 1000. The van der Waals surface area contributed by atoms with Gasteiger partial charge in [-0.05, 0) is 46.0 Å². The molecule has 7 nitrogen and oxygen atoms in total. The van der Waals surface area contributed by atoms with Crippen LogP contribution in [0.1, 0.15) is 35.4 Å². The van der Waals surface area contributed by atoms with Gasteiger partial charge in [0.2, 0.25) is 5.91 Å². The highest BCUT2D eigenvalue weighted by Crippen LogP contribution is 2.19. The van der Waals surface area contributed by atoms with Crippen LogP contribution in [0.25, 0.3) is 0 Å². The van der Waals surface area contributed by atoms with Gasteiger partial charge in [0, 0.05) is 37.6 Å². The molecule has 0 atom stereocenters. The van der Waals surface area contributed by atoms with Crippen LogP contribution in [0.4, 0.5) is 0 Å². The van der Waals surface area contributed by atoms with E-state index in [0.717, 1.165) is 30.9 Å². The van der Waals surface area contributed by atoms with Gasteiger partial charge in [-0.15, -0.1) is 5.10 Å². The van der Waals surface area contributed by atoms with Crippen LogP contribution in [-0.4, -0.2) is 37.6 Å². The molecule has 1 N–H and O–H groups in total. The number of nitrogens with one attached hydrogen (secondary N) is 1. The number of hydrogen-bond acceptors (Lipinski definition) is 5. The van der Waals surface area contributed by atoms with Gasteiger partial charge < -0.3 is 5.32 Å². The highest BCUT2D eigenvalue weighted by Gasteiger charge is 2.18. The fourth-order valence-corrected chi connectivity index (χ4v) is 3.92. The lowest BCUT2D eigenvalue weighted by atomic mass is 10.00. The molecule has 8 heteroatoms. The summed E-state index contributed by atoms with van der Waals surface area (Å²) in [6.45, 7) is 3.67. The summed E-state index contributed by atoms with van der Waals surface area (Å²) in [5.41, 5.74) is 3.72. The molecule has 3 aromatic rings. The summed E-state index contributed by atoms with van der Waals surface area (Å²) < 4.78 is 1.81. The first-order valence-corrected chi connectivity index (χ1v) is 10.6. The van der Waals surface area contributed by atoms with Crippen molar-refractivity contribution in [3.05, 3.63) is 76.1 Å². The summed E-state index contributed by atoms with van der Waals surface area (Å²) in [5, 5.41) is 15.7. The predicted octanol–water partition coefficient (Wildman–Crippen LogP) is 2.98. The van der Waals surface area contributed by atoms with E-state index in [4.69, 9.17) is 11.6 Å². The molecular formula is C22H25ClN6O. The lowest BCUT2D eigenvalue weighted by molar-refractivity contribution is -0.121. The molecule has 0 saturated carbocycles. The number of hydrogen-bond donors (Lipinski definition) is 1. The summed E-state index contributed by atoms with van der Waals surface area (Å²) in [6.07, 6.45) is 2.14. The maximum absolute atomic E-state index is 12.2. The molecule has 156 valence electrons. The van der Waals surface area contributed by atoms with E-state index in [1.54, 1.807) is 0 Å². The van der Waals surface area contributed by atoms with Crippen molar-refractivity contribution in [1.29, 1.82) is 0 Å². The van der Waals surface area contributed by atoms with E-state index in [2.05, 4.69) is 50.0 Å². The van der Waals surface area contributed by atoms with Gasteiger partial charge in [-0.1, -0.05) is 54.1 Å². The molecule has 0 radical (unpaired) electrons. The molecule has 0 fully saturated rings.